The van der Waals surface area contributed by atoms with E-state index in [4.69, 9.17) is 10.5 Å². The summed E-state index contributed by atoms with van der Waals surface area (Å²) in [7, 11) is 0. The zero-order chi connectivity index (χ0) is 13.2. The Morgan fingerprint density at radius 2 is 2.22 bits per heavy atom. The zero-order valence-corrected chi connectivity index (χ0v) is 11.7. The summed E-state index contributed by atoms with van der Waals surface area (Å²) in [4.78, 5) is 14.4. The molecule has 1 aliphatic heterocycles. The highest BCUT2D eigenvalue weighted by Gasteiger charge is 2.45. The number of hydrogen-bond acceptors (Lipinski definition) is 4. The lowest BCUT2D eigenvalue weighted by molar-refractivity contribution is -0.149. The van der Waals surface area contributed by atoms with Gasteiger partial charge in [0, 0.05) is 12.6 Å². The quantitative estimate of drug-likeness (QED) is 0.773. The molecule has 4 heteroatoms. The molecule has 2 rings (SSSR count). The lowest BCUT2D eigenvalue weighted by atomic mass is 9.99. The molecular formula is C14H26N2O2. The van der Waals surface area contributed by atoms with E-state index in [0.717, 1.165) is 25.2 Å². The Bertz CT molecular complexity index is 308. The molecule has 0 amide bonds. The van der Waals surface area contributed by atoms with Gasteiger partial charge in [0.1, 0.15) is 5.54 Å². The SMILES string of the molecule is CCOC(=O)C1(N)CCC(N2CCC(CC)C2)C1. The molecule has 0 bridgehead atoms. The van der Waals surface area contributed by atoms with Crippen LogP contribution in [0.4, 0.5) is 0 Å². The molecule has 2 N–H and O–H groups in total. The number of ether oxygens (including phenoxy) is 1. The van der Waals surface area contributed by atoms with Crippen molar-refractivity contribution in [1.29, 1.82) is 0 Å². The topological polar surface area (TPSA) is 55.6 Å². The maximum atomic E-state index is 11.9. The normalized spacial score (nSPS) is 37.1. The van der Waals surface area contributed by atoms with Crippen molar-refractivity contribution in [3.63, 3.8) is 0 Å². The number of hydrogen-bond donors (Lipinski definition) is 1. The molecule has 1 saturated carbocycles. The van der Waals surface area contributed by atoms with E-state index in [2.05, 4.69) is 11.8 Å². The summed E-state index contributed by atoms with van der Waals surface area (Å²) in [5, 5.41) is 0. The Morgan fingerprint density at radius 3 is 2.83 bits per heavy atom. The van der Waals surface area contributed by atoms with Crippen LogP contribution in [0.5, 0.6) is 0 Å². The molecule has 0 radical (unpaired) electrons. The van der Waals surface area contributed by atoms with Gasteiger partial charge in [-0.2, -0.15) is 0 Å². The van der Waals surface area contributed by atoms with Crippen molar-refractivity contribution < 1.29 is 9.53 Å². The molecule has 1 heterocycles. The summed E-state index contributed by atoms with van der Waals surface area (Å²) in [5.74, 6) is 0.624. The van der Waals surface area contributed by atoms with Gasteiger partial charge in [-0.05, 0) is 45.1 Å². The van der Waals surface area contributed by atoms with Gasteiger partial charge in [-0.1, -0.05) is 13.3 Å². The van der Waals surface area contributed by atoms with Crippen LogP contribution >= 0.6 is 0 Å². The molecular weight excluding hydrogens is 228 g/mol. The van der Waals surface area contributed by atoms with Crippen molar-refractivity contribution in [3.8, 4) is 0 Å². The minimum atomic E-state index is -0.731. The molecule has 18 heavy (non-hydrogen) atoms. The zero-order valence-electron chi connectivity index (χ0n) is 11.7. The smallest absolute Gasteiger partial charge is 0.326 e. The van der Waals surface area contributed by atoms with E-state index < -0.39 is 5.54 Å². The number of rotatable bonds is 4. The average Bonchev–Trinajstić information content (AvgIpc) is 2.96. The van der Waals surface area contributed by atoms with Gasteiger partial charge in [0.25, 0.3) is 0 Å². The van der Waals surface area contributed by atoms with E-state index in [1.807, 2.05) is 6.92 Å². The Morgan fingerprint density at radius 1 is 1.44 bits per heavy atom. The number of nitrogens with zero attached hydrogens (tertiary/aromatic N) is 1. The maximum Gasteiger partial charge on any atom is 0.326 e. The molecule has 0 spiro atoms. The van der Waals surface area contributed by atoms with Crippen LogP contribution in [-0.2, 0) is 9.53 Å². The average molecular weight is 254 g/mol. The first-order valence-electron chi connectivity index (χ1n) is 7.29. The molecule has 3 unspecified atom stereocenters. The van der Waals surface area contributed by atoms with E-state index in [-0.39, 0.29) is 5.97 Å². The minimum absolute atomic E-state index is 0.210. The summed E-state index contributed by atoms with van der Waals surface area (Å²) < 4.78 is 5.10. The highest BCUT2D eigenvalue weighted by molar-refractivity contribution is 5.81. The van der Waals surface area contributed by atoms with Gasteiger partial charge >= 0.3 is 5.97 Å². The molecule has 0 aromatic rings. The highest BCUT2D eigenvalue weighted by atomic mass is 16.5. The number of carbonyl (C=O) groups is 1. The van der Waals surface area contributed by atoms with Gasteiger partial charge in [-0.25, -0.2) is 0 Å². The molecule has 3 atom stereocenters. The first kappa shape index (κ1) is 13.8. The van der Waals surface area contributed by atoms with Gasteiger partial charge < -0.3 is 15.4 Å². The Hall–Kier alpha value is -0.610. The van der Waals surface area contributed by atoms with Crippen molar-refractivity contribution >= 4 is 5.97 Å². The second kappa shape index (κ2) is 5.57. The Balaban J connectivity index is 1.90. The maximum absolute atomic E-state index is 11.9. The summed E-state index contributed by atoms with van der Waals surface area (Å²) in [6.45, 7) is 6.86. The summed E-state index contributed by atoms with van der Waals surface area (Å²) >= 11 is 0. The number of likely N-dealkylation sites (tertiary alicyclic amines) is 1. The second-order valence-electron chi connectivity index (χ2n) is 5.83. The molecule has 0 aromatic heterocycles. The van der Waals surface area contributed by atoms with Gasteiger partial charge in [-0.3, -0.25) is 4.79 Å². The fourth-order valence-electron chi connectivity index (χ4n) is 3.35. The van der Waals surface area contributed by atoms with E-state index in [1.165, 1.54) is 25.9 Å². The molecule has 2 aliphatic rings. The fraction of sp³-hybridized carbons (Fsp3) is 0.929. The van der Waals surface area contributed by atoms with Crippen molar-refractivity contribution in [3.05, 3.63) is 0 Å². The molecule has 2 fully saturated rings. The van der Waals surface area contributed by atoms with Crippen LogP contribution in [0.25, 0.3) is 0 Å². The van der Waals surface area contributed by atoms with Crippen LogP contribution in [0, 0.1) is 5.92 Å². The van der Waals surface area contributed by atoms with Gasteiger partial charge in [-0.15, -0.1) is 0 Å². The number of esters is 1. The van der Waals surface area contributed by atoms with E-state index in [9.17, 15) is 4.79 Å². The van der Waals surface area contributed by atoms with Gasteiger partial charge in [0.05, 0.1) is 6.61 Å². The minimum Gasteiger partial charge on any atom is -0.465 e. The van der Waals surface area contributed by atoms with E-state index >= 15 is 0 Å². The van der Waals surface area contributed by atoms with Crippen LogP contribution in [-0.4, -0.2) is 42.1 Å². The Kier molecular flexibility index (Phi) is 4.28. The largest absolute Gasteiger partial charge is 0.465 e. The van der Waals surface area contributed by atoms with Crippen LogP contribution in [0.3, 0.4) is 0 Å². The molecule has 4 nitrogen and oxygen atoms in total. The first-order valence-corrected chi connectivity index (χ1v) is 7.29. The molecule has 1 aliphatic carbocycles. The lowest BCUT2D eigenvalue weighted by Gasteiger charge is -2.26. The van der Waals surface area contributed by atoms with Crippen LogP contribution in [0.2, 0.25) is 0 Å². The number of nitrogens with two attached hydrogens (primary N) is 1. The van der Waals surface area contributed by atoms with E-state index in [0.29, 0.717) is 12.6 Å². The van der Waals surface area contributed by atoms with Crippen LogP contribution in [0.1, 0.15) is 46.0 Å². The third-order valence-corrected chi connectivity index (χ3v) is 4.62. The standard InChI is InChI=1S/C14H26N2O2/c1-3-11-6-8-16(10-11)12-5-7-14(15,9-12)13(17)18-4-2/h11-12H,3-10,15H2,1-2H3. The highest BCUT2D eigenvalue weighted by Crippen LogP contribution is 2.35. The second-order valence-corrected chi connectivity index (χ2v) is 5.83. The molecule has 0 aromatic carbocycles. The van der Waals surface area contributed by atoms with Crippen molar-refractivity contribution in [2.45, 2.75) is 57.5 Å². The summed E-state index contributed by atoms with van der Waals surface area (Å²) in [5.41, 5.74) is 5.48. The fourth-order valence-corrected chi connectivity index (χ4v) is 3.35. The first-order chi connectivity index (χ1) is 8.59. The van der Waals surface area contributed by atoms with Gasteiger partial charge in [0.2, 0.25) is 0 Å². The molecule has 1 saturated heterocycles. The monoisotopic (exact) mass is 254 g/mol. The van der Waals surface area contributed by atoms with Crippen LogP contribution < -0.4 is 5.73 Å². The van der Waals surface area contributed by atoms with Crippen molar-refractivity contribution in [1.82, 2.24) is 4.90 Å². The number of carbonyl (C=O) groups excluding carboxylic acids is 1. The van der Waals surface area contributed by atoms with Crippen molar-refractivity contribution in [2.24, 2.45) is 11.7 Å². The third-order valence-electron chi connectivity index (χ3n) is 4.62. The third kappa shape index (κ3) is 2.69. The van der Waals surface area contributed by atoms with Crippen LogP contribution in [0.15, 0.2) is 0 Å². The van der Waals surface area contributed by atoms with Gasteiger partial charge in [0.15, 0.2) is 0 Å². The van der Waals surface area contributed by atoms with Crippen molar-refractivity contribution in [2.75, 3.05) is 19.7 Å². The lowest BCUT2D eigenvalue weighted by Crippen LogP contribution is -2.48. The Labute approximate surface area is 110 Å². The molecule has 104 valence electrons. The summed E-state index contributed by atoms with van der Waals surface area (Å²) in [6.07, 6.45) is 5.12. The predicted octanol–water partition coefficient (Wildman–Crippen LogP) is 1.53. The van der Waals surface area contributed by atoms with E-state index in [1.54, 1.807) is 0 Å². The summed E-state index contributed by atoms with van der Waals surface area (Å²) in [6, 6.07) is 0.482. The predicted molar refractivity (Wildman–Crippen MR) is 71.2 cm³/mol.